The molecule has 1 fully saturated rings. The lowest BCUT2D eigenvalue weighted by Crippen LogP contribution is -2.55. The molecular formula is C27H32N2O6. The molecule has 3 N–H and O–H groups in total. The Morgan fingerprint density at radius 2 is 1.74 bits per heavy atom. The fourth-order valence-corrected chi connectivity index (χ4v) is 5.04. The fourth-order valence-electron chi connectivity index (χ4n) is 5.04. The Balaban J connectivity index is 1.28. The van der Waals surface area contributed by atoms with Gasteiger partial charge in [-0.05, 0) is 41.0 Å². The molecule has 0 bridgehead atoms. The summed E-state index contributed by atoms with van der Waals surface area (Å²) in [5.74, 6) is -1.67. The van der Waals surface area contributed by atoms with E-state index in [0.717, 1.165) is 22.3 Å². The van der Waals surface area contributed by atoms with E-state index in [4.69, 9.17) is 4.74 Å². The number of nitrogens with zero attached hydrogens (tertiary/aromatic N) is 1. The van der Waals surface area contributed by atoms with Gasteiger partial charge in [0.2, 0.25) is 5.91 Å². The maximum absolute atomic E-state index is 12.7. The number of aliphatic hydroxyl groups is 1. The second-order valence-electron chi connectivity index (χ2n) is 9.44. The highest BCUT2D eigenvalue weighted by Gasteiger charge is 2.41. The van der Waals surface area contributed by atoms with E-state index < -0.39 is 17.7 Å². The first-order chi connectivity index (χ1) is 16.8. The average Bonchev–Trinajstić information content (AvgIpc) is 3.18. The molecule has 2 amide bonds. The molecule has 2 atom stereocenters. The van der Waals surface area contributed by atoms with Crippen LogP contribution < -0.4 is 5.32 Å². The van der Waals surface area contributed by atoms with Crippen LogP contribution in [0.2, 0.25) is 0 Å². The summed E-state index contributed by atoms with van der Waals surface area (Å²) < 4.78 is 5.57. The first-order valence-corrected chi connectivity index (χ1v) is 12.1. The van der Waals surface area contributed by atoms with Gasteiger partial charge >= 0.3 is 12.1 Å². The molecule has 1 heterocycles. The molecule has 1 saturated heterocycles. The zero-order valence-electron chi connectivity index (χ0n) is 19.9. The number of hydrogen-bond acceptors (Lipinski definition) is 5. The van der Waals surface area contributed by atoms with Crippen LogP contribution in [0.3, 0.4) is 0 Å². The first kappa shape index (κ1) is 24.7. The molecule has 2 unspecified atom stereocenters. The number of ether oxygens (including phenoxy) is 1. The summed E-state index contributed by atoms with van der Waals surface area (Å²) in [7, 11) is 0. The van der Waals surface area contributed by atoms with Crippen molar-refractivity contribution in [1.82, 2.24) is 10.2 Å². The minimum Gasteiger partial charge on any atom is -0.479 e. The molecule has 0 aromatic heterocycles. The number of carboxylic acid groups (broad SMARTS) is 1. The van der Waals surface area contributed by atoms with Crippen molar-refractivity contribution in [2.24, 2.45) is 5.92 Å². The predicted molar refractivity (Wildman–Crippen MR) is 130 cm³/mol. The highest BCUT2D eigenvalue weighted by atomic mass is 16.5. The van der Waals surface area contributed by atoms with Gasteiger partial charge in [-0.15, -0.1) is 0 Å². The van der Waals surface area contributed by atoms with Crippen LogP contribution in [-0.2, 0) is 14.3 Å². The summed E-state index contributed by atoms with van der Waals surface area (Å²) in [4.78, 5) is 38.0. The third-order valence-corrected chi connectivity index (χ3v) is 7.14. The van der Waals surface area contributed by atoms with E-state index in [1.54, 1.807) is 0 Å². The number of aliphatic carboxylic acids is 1. The fraction of sp³-hybridized carbons (Fsp3) is 0.444. The normalized spacial score (nSPS) is 20.0. The molecule has 0 radical (unpaired) electrons. The van der Waals surface area contributed by atoms with Gasteiger partial charge in [0.1, 0.15) is 6.61 Å². The van der Waals surface area contributed by atoms with Crippen LogP contribution in [0.4, 0.5) is 4.79 Å². The minimum atomic E-state index is -1.89. The molecule has 8 heteroatoms. The number of amides is 2. The van der Waals surface area contributed by atoms with Crippen molar-refractivity contribution in [1.29, 1.82) is 0 Å². The van der Waals surface area contributed by atoms with Crippen LogP contribution in [0.1, 0.15) is 49.7 Å². The van der Waals surface area contributed by atoms with E-state index in [-0.39, 0.29) is 50.3 Å². The van der Waals surface area contributed by atoms with E-state index >= 15 is 0 Å². The molecule has 4 rings (SSSR count). The molecule has 1 aliphatic heterocycles. The zero-order chi connectivity index (χ0) is 25.0. The minimum absolute atomic E-state index is 0.0243. The number of fused-ring (bicyclic) bond motifs is 3. The summed E-state index contributed by atoms with van der Waals surface area (Å²) in [6.45, 7) is 2.64. The first-order valence-electron chi connectivity index (χ1n) is 12.1. The number of nitrogens with one attached hydrogen (secondary N) is 1. The summed E-state index contributed by atoms with van der Waals surface area (Å²) in [5, 5.41) is 22.3. The van der Waals surface area contributed by atoms with E-state index in [9.17, 15) is 24.6 Å². The molecule has 2 aliphatic rings. The van der Waals surface area contributed by atoms with Gasteiger partial charge in [0, 0.05) is 25.4 Å². The van der Waals surface area contributed by atoms with Crippen molar-refractivity contribution in [2.75, 3.05) is 26.2 Å². The Bertz CT molecular complexity index is 1060. The number of β-amino-alcohol motifs (C(OH)–C–C–N with tert-alkyl or cyclic N) is 1. The van der Waals surface area contributed by atoms with Crippen LogP contribution >= 0.6 is 0 Å². The van der Waals surface area contributed by atoms with Crippen molar-refractivity contribution in [3.05, 3.63) is 59.7 Å². The van der Waals surface area contributed by atoms with Gasteiger partial charge in [-0.3, -0.25) is 4.79 Å². The van der Waals surface area contributed by atoms with Crippen molar-refractivity contribution >= 4 is 18.0 Å². The van der Waals surface area contributed by atoms with Crippen molar-refractivity contribution in [2.45, 2.75) is 44.1 Å². The molecule has 1 aliphatic carbocycles. The Morgan fingerprint density at radius 3 is 2.34 bits per heavy atom. The van der Waals surface area contributed by atoms with E-state index in [0.29, 0.717) is 19.4 Å². The van der Waals surface area contributed by atoms with E-state index in [2.05, 4.69) is 29.6 Å². The number of carboxylic acids is 1. The van der Waals surface area contributed by atoms with Crippen molar-refractivity contribution < 1.29 is 29.3 Å². The standard InChI is InChI=1S/C27H32N2O6/c1-2-18(14-24(30)29-13-7-12-27(34,17-29)25(31)32)15-28-26(33)35-16-23-21-10-5-3-8-19(21)20-9-4-6-11-22(20)23/h3-6,8-11,18,23,34H,2,7,12-17H2,1H3,(H,28,33)(H,31,32). The highest BCUT2D eigenvalue weighted by molar-refractivity contribution is 5.81. The molecule has 0 spiro atoms. The largest absolute Gasteiger partial charge is 0.479 e. The molecule has 8 nitrogen and oxygen atoms in total. The molecular weight excluding hydrogens is 448 g/mol. The zero-order valence-corrected chi connectivity index (χ0v) is 19.9. The Hall–Kier alpha value is -3.39. The van der Waals surface area contributed by atoms with Crippen molar-refractivity contribution in [3.8, 4) is 11.1 Å². The quantitative estimate of drug-likeness (QED) is 0.533. The van der Waals surface area contributed by atoms with Crippen LogP contribution in [-0.4, -0.2) is 64.9 Å². The van der Waals surface area contributed by atoms with Crippen LogP contribution in [0.15, 0.2) is 48.5 Å². The second kappa shape index (κ2) is 10.5. The van der Waals surface area contributed by atoms with Gasteiger partial charge in [0.05, 0.1) is 6.54 Å². The Kier molecular flexibility index (Phi) is 7.40. The van der Waals surface area contributed by atoms with Crippen LogP contribution in [0, 0.1) is 5.92 Å². The summed E-state index contributed by atoms with van der Waals surface area (Å²) in [6, 6.07) is 16.3. The van der Waals surface area contributed by atoms with E-state index in [1.165, 1.54) is 4.90 Å². The number of likely N-dealkylation sites (tertiary alicyclic amines) is 1. The van der Waals surface area contributed by atoms with Crippen molar-refractivity contribution in [3.63, 3.8) is 0 Å². The smallest absolute Gasteiger partial charge is 0.407 e. The summed E-state index contributed by atoms with van der Waals surface area (Å²) >= 11 is 0. The average molecular weight is 481 g/mol. The van der Waals surface area contributed by atoms with Gasteiger partial charge in [-0.25, -0.2) is 9.59 Å². The number of benzene rings is 2. The van der Waals surface area contributed by atoms with Gasteiger partial charge in [0.25, 0.3) is 0 Å². The van der Waals surface area contributed by atoms with Gasteiger partial charge in [0.15, 0.2) is 5.60 Å². The van der Waals surface area contributed by atoms with E-state index in [1.807, 2.05) is 31.2 Å². The lowest BCUT2D eigenvalue weighted by atomic mass is 9.92. The topological polar surface area (TPSA) is 116 Å². The number of hydrogen-bond donors (Lipinski definition) is 3. The number of alkyl carbamates (subject to hydrolysis) is 1. The molecule has 186 valence electrons. The number of rotatable bonds is 8. The van der Waals surface area contributed by atoms with Gasteiger partial charge in [-0.2, -0.15) is 0 Å². The van der Waals surface area contributed by atoms with Crippen LogP contribution in [0.25, 0.3) is 11.1 Å². The molecule has 0 saturated carbocycles. The third-order valence-electron chi connectivity index (χ3n) is 7.14. The monoisotopic (exact) mass is 480 g/mol. The second-order valence-corrected chi connectivity index (χ2v) is 9.44. The number of carbonyl (C=O) groups excluding carboxylic acids is 2. The predicted octanol–water partition coefficient (Wildman–Crippen LogP) is 3.38. The maximum Gasteiger partial charge on any atom is 0.407 e. The Morgan fingerprint density at radius 1 is 1.11 bits per heavy atom. The third kappa shape index (κ3) is 5.32. The number of piperidine rings is 1. The maximum atomic E-state index is 12.7. The van der Waals surface area contributed by atoms with Gasteiger partial charge in [-0.1, -0.05) is 61.9 Å². The number of carbonyl (C=O) groups is 3. The Labute approximate surface area is 204 Å². The molecule has 2 aromatic carbocycles. The highest BCUT2D eigenvalue weighted by Crippen LogP contribution is 2.44. The summed E-state index contributed by atoms with van der Waals surface area (Å²) in [5.41, 5.74) is 2.71. The lowest BCUT2D eigenvalue weighted by Gasteiger charge is -2.36. The SMILES string of the molecule is CCC(CNC(=O)OCC1c2ccccc2-c2ccccc21)CC(=O)N1CCCC(O)(C(=O)O)C1. The summed E-state index contributed by atoms with van der Waals surface area (Å²) in [6.07, 6.45) is 0.856. The molecule has 35 heavy (non-hydrogen) atoms. The molecule has 2 aromatic rings. The van der Waals surface area contributed by atoms with Crippen LogP contribution in [0.5, 0.6) is 0 Å². The van der Waals surface area contributed by atoms with Gasteiger partial charge < -0.3 is 25.2 Å². The lowest BCUT2D eigenvalue weighted by molar-refractivity contribution is -0.166.